The molecule has 1 unspecified atom stereocenters. The molecule has 4 N–H and O–H groups in total. The summed E-state index contributed by atoms with van der Waals surface area (Å²) in [5, 5.41) is 43.0. The molecule has 2 aromatic carbocycles. The monoisotopic (exact) mass is 584 g/mol. The summed E-state index contributed by atoms with van der Waals surface area (Å²) in [4.78, 5) is 38.7. The SMILES string of the molecule is C[C@]12C[C@@H](O)[C@@H]3C[C@@]1(O[C@@H]1O[C@H](COC(=O)c4ccccc4)[C@@H](O)[C@H](O)[C@H]1O)C3(COC(=O)c1ccccc1)C(=O)O2. The van der Waals surface area contributed by atoms with Gasteiger partial charge in [0.25, 0.3) is 0 Å². The van der Waals surface area contributed by atoms with Crippen molar-refractivity contribution in [2.75, 3.05) is 13.2 Å². The summed E-state index contributed by atoms with van der Waals surface area (Å²) in [7, 11) is 0. The van der Waals surface area contributed by atoms with E-state index < -0.39 is 90.5 Å². The van der Waals surface area contributed by atoms with Gasteiger partial charge >= 0.3 is 17.9 Å². The lowest BCUT2D eigenvalue weighted by Gasteiger charge is -2.66. The van der Waals surface area contributed by atoms with Crippen LogP contribution in [0.4, 0.5) is 0 Å². The average Bonchev–Trinajstić information content (AvgIpc) is 3.05. The predicted molar refractivity (Wildman–Crippen MR) is 140 cm³/mol. The topological polar surface area (TPSA) is 178 Å². The molecular weight excluding hydrogens is 552 g/mol. The van der Waals surface area contributed by atoms with Gasteiger partial charge in [0.15, 0.2) is 6.29 Å². The standard InChI is InChI=1S/C30H32O12/c1-28-13-19(31)18-12-30(28,29(18,27(37)42-28)15-39-25(36)17-10-6-3-7-11-17)41-26-23(34)22(33)21(32)20(40-26)14-38-24(35)16-8-4-2-5-9-16/h2-11,18-23,26,31-34H,12-15H2,1H3/t18-,19+,20+,21+,22-,23+,26-,28-,29?,30-/m0/s1. The molecule has 2 heterocycles. The maximum absolute atomic E-state index is 13.5. The molecule has 0 amide bonds. The maximum atomic E-state index is 13.5. The number of fused-ring (bicyclic) bond motifs is 1. The van der Waals surface area contributed by atoms with Crippen LogP contribution in [-0.2, 0) is 28.5 Å². The highest BCUT2D eigenvalue weighted by Gasteiger charge is 2.88. The molecule has 10 atom stereocenters. The fourth-order valence-corrected chi connectivity index (χ4v) is 6.99. The van der Waals surface area contributed by atoms with Gasteiger partial charge in [-0.3, -0.25) is 4.79 Å². The summed E-state index contributed by atoms with van der Waals surface area (Å²) in [6.45, 7) is 0.645. The Morgan fingerprint density at radius 3 is 2.07 bits per heavy atom. The van der Waals surface area contributed by atoms with Crippen molar-refractivity contribution < 1.29 is 58.5 Å². The highest BCUT2D eigenvalue weighted by Crippen LogP contribution is 2.73. The van der Waals surface area contributed by atoms with E-state index in [-0.39, 0.29) is 24.0 Å². The summed E-state index contributed by atoms with van der Waals surface area (Å²) < 4.78 is 28.8. The van der Waals surface area contributed by atoms with Gasteiger partial charge in [-0.1, -0.05) is 36.4 Å². The normalized spacial score (nSPS) is 40.0. The molecule has 12 heteroatoms. The molecule has 42 heavy (non-hydrogen) atoms. The van der Waals surface area contributed by atoms with Crippen LogP contribution in [0.15, 0.2) is 60.7 Å². The third-order valence-corrected chi connectivity index (χ3v) is 9.28. The zero-order chi connectivity index (χ0) is 29.9. The summed E-state index contributed by atoms with van der Waals surface area (Å²) in [5.74, 6) is -2.77. The first-order valence-corrected chi connectivity index (χ1v) is 13.8. The number of hydrogen-bond donors (Lipinski definition) is 4. The van der Waals surface area contributed by atoms with Crippen molar-refractivity contribution in [3.8, 4) is 0 Å². The summed E-state index contributed by atoms with van der Waals surface area (Å²) >= 11 is 0. The van der Waals surface area contributed by atoms with E-state index in [1.165, 1.54) is 0 Å². The quantitative estimate of drug-likeness (QED) is 0.248. The van der Waals surface area contributed by atoms with Crippen LogP contribution in [0.3, 0.4) is 0 Å². The van der Waals surface area contributed by atoms with Crippen LogP contribution in [-0.4, -0.2) is 99.6 Å². The van der Waals surface area contributed by atoms with E-state index >= 15 is 0 Å². The van der Waals surface area contributed by atoms with Gasteiger partial charge in [-0.2, -0.15) is 0 Å². The van der Waals surface area contributed by atoms with Gasteiger partial charge in [0.1, 0.15) is 54.2 Å². The Bertz CT molecular complexity index is 1350. The lowest BCUT2D eigenvalue weighted by atomic mass is 9.40. The summed E-state index contributed by atoms with van der Waals surface area (Å²) in [6, 6.07) is 16.3. The third kappa shape index (κ3) is 4.16. The lowest BCUT2D eigenvalue weighted by molar-refractivity contribution is -0.394. The first-order valence-electron chi connectivity index (χ1n) is 13.8. The number of aliphatic hydroxyl groups is 4. The Kier molecular flexibility index (Phi) is 7.11. The zero-order valence-corrected chi connectivity index (χ0v) is 22.7. The molecule has 0 spiro atoms. The summed E-state index contributed by atoms with van der Waals surface area (Å²) in [5.41, 5.74) is -4.00. The van der Waals surface area contributed by atoms with Crippen LogP contribution in [0.5, 0.6) is 0 Å². The first-order chi connectivity index (χ1) is 20.0. The van der Waals surface area contributed by atoms with Crippen LogP contribution >= 0.6 is 0 Å². The van der Waals surface area contributed by atoms with E-state index in [1.54, 1.807) is 67.6 Å². The van der Waals surface area contributed by atoms with Gasteiger partial charge in [0.2, 0.25) is 0 Å². The average molecular weight is 585 g/mol. The van der Waals surface area contributed by atoms with E-state index in [9.17, 15) is 34.8 Å². The number of benzene rings is 2. The second-order valence-electron chi connectivity index (χ2n) is 11.5. The van der Waals surface area contributed by atoms with Crippen LogP contribution < -0.4 is 0 Å². The molecule has 2 saturated heterocycles. The molecule has 7 rings (SSSR count). The molecule has 2 aromatic rings. The van der Waals surface area contributed by atoms with Gasteiger partial charge in [-0.05, 0) is 37.6 Å². The van der Waals surface area contributed by atoms with Crippen LogP contribution in [0.1, 0.15) is 40.5 Å². The van der Waals surface area contributed by atoms with Crippen molar-refractivity contribution in [2.45, 2.75) is 67.8 Å². The molecule has 2 aliphatic heterocycles. The highest BCUT2D eigenvalue weighted by molar-refractivity contribution is 5.91. The first kappa shape index (κ1) is 28.7. The van der Waals surface area contributed by atoms with Crippen LogP contribution in [0.25, 0.3) is 0 Å². The Morgan fingerprint density at radius 2 is 1.45 bits per heavy atom. The molecule has 0 radical (unpaired) electrons. The molecule has 0 aromatic heterocycles. The van der Waals surface area contributed by atoms with Crippen molar-refractivity contribution >= 4 is 17.9 Å². The predicted octanol–water partition coefficient (Wildman–Crippen LogP) is 0.350. The summed E-state index contributed by atoms with van der Waals surface area (Å²) in [6.07, 6.45) is -8.87. The van der Waals surface area contributed by atoms with Crippen molar-refractivity contribution in [2.24, 2.45) is 11.3 Å². The fourth-order valence-electron chi connectivity index (χ4n) is 6.99. The van der Waals surface area contributed by atoms with Gasteiger partial charge in [0.05, 0.1) is 17.2 Å². The number of carbonyl (C=O) groups excluding carboxylic acids is 3. The van der Waals surface area contributed by atoms with Crippen LogP contribution in [0.2, 0.25) is 0 Å². The number of esters is 3. The second kappa shape index (κ2) is 10.4. The molecule has 12 nitrogen and oxygen atoms in total. The van der Waals surface area contributed by atoms with E-state index in [1.807, 2.05) is 0 Å². The van der Waals surface area contributed by atoms with Crippen molar-refractivity contribution in [1.82, 2.24) is 0 Å². The van der Waals surface area contributed by atoms with E-state index in [0.717, 1.165) is 0 Å². The molecule has 3 saturated carbocycles. The number of ether oxygens (including phenoxy) is 5. The molecular formula is C30H32O12. The number of carbonyl (C=O) groups is 3. The van der Waals surface area contributed by atoms with Gasteiger partial charge in [0, 0.05) is 12.3 Å². The Hall–Kier alpha value is -3.39. The minimum Gasteiger partial charge on any atom is -0.461 e. The van der Waals surface area contributed by atoms with Gasteiger partial charge in [-0.15, -0.1) is 0 Å². The van der Waals surface area contributed by atoms with E-state index in [0.29, 0.717) is 0 Å². The number of rotatable bonds is 8. The molecule has 5 fully saturated rings. The third-order valence-electron chi connectivity index (χ3n) is 9.28. The molecule has 4 bridgehead atoms. The molecule has 3 aliphatic carbocycles. The zero-order valence-electron chi connectivity index (χ0n) is 22.7. The van der Waals surface area contributed by atoms with Gasteiger partial charge in [-0.25, -0.2) is 9.59 Å². The minimum absolute atomic E-state index is 0.0178. The smallest absolute Gasteiger partial charge is 0.338 e. The highest BCUT2D eigenvalue weighted by atomic mass is 16.7. The number of aliphatic hydroxyl groups excluding tert-OH is 4. The van der Waals surface area contributed by atoms with Crippen LogP contribution in [0, 0.1) is 11.3 Å². The lowest BCUT2D eigenvalue weighted by Crippen LogP contribution is -2.80. The minimum atomic E-state index is -1.76. The Balaban J connectivity index is 1.24. The Labute approximate surface area is 240 Å². The Morgan fingerprint density at radius 1 is 0.857 bits per heavy atom. The van der Waals surface area contributed by atoms with Crippen molar-refractivity contribution in [3.63, 3.8) is 0 Å². The fraction of sp³-hybridized carbons (Fsp3) is 0.500. The largest absolute Gasteiger partial charge is 0.461 e. The maximum Gasteiger partial charge on any atom is 0.338 e. The van der Waals surface area contributed by atoms with Crippen molar-refractivity contribution in [1.29, 1.82) is 0 Å². The number of hydrogen-bond acceptors (Lipinski definition) is 12. The van der Waals surface area contributed by atoms with E-state index in [4.69, 9.17) is 23.7 Å². The van der Waals surface area contributed by atoms with Gasteiger partial charge < -0.3 is 44.1 Å². The van der Waals surface area contributed by atoms with E-state index in [2.05, 4.69) is 0 Å². The molecule has 5 aliphatic rings. The molecule has 224 valence electrons. The van der Waals surface area contributed by atoms with Crippen molar-refractivity contribution in [3.05, 3.63) is 71.8 Å². The second-order valence-corrected chi connectivity index (χ2v) is 11.5.